The molecule has 0 bridgehead atoms. The highest BCUT2D eigenvalue weighted by molar-refractivity contribution is 5.83. The van der Waals surface area contributed by atoms with Crippen molar-refractivity contribution in [2.75, 3.05) is 13.2 Å². The first kappa shape index (κ1) is 57.0. The molecule has 0 saturated carbocycles. The third-order valence-electron chi connectivity index (χ3n) is 12.5. The molecule has 0 spiro atoms. The molecule has 0 fully saturated rings. The SMILES string of the molecule is CC(C)(C)c1ccc(-c2ncco2)c(F)c1.CC(C)(C)c1ccc(-c2ncco2)cc1.CC(C)(C)c1ccc(-n2cccn2)c(F)c1.CC(C)(C)c1ccc2c(c1)OCCO2.CC(C)(C)c1ccc2ccccc2c1. The topological polar surface area (TPSA) is 88.3 Å². The maximum atomic E-state index is 13.9. The zero-order valence-corrected chi connectivity index (χ0v) is 46.7. The highest BCUT2D eigenvalue weighted by Crippen LogP contribution is 2.35. The average Bonchev–Trinajstić information content (AvgIpc) is 4.20. The molecule has 10 rings (SSSR count). The van der Waals surface area contributed by atoms with Gasteiger partial charge < -0.3 is 18.3 Å². The van der Waals surface area contributed by atoms with Crippen molar-refractivity contribution >= 4 is 10.8 Å². The van der Waals surface area contributed by atoms with Crippen LogP contribution in [0.1, 0.15) is 132 Å². The Morgan fingerprint density at radius 3 is 1.43 bits per heavy atom. The Kier molecular flexibility index (Phi) is 18.2. The van der Waals surface area contributed by atoms with Crippen LogP contribution in [0.15, 0.2) is 174 Å². The van der Waals surface area contributed by atoms with Gasteiger partial charge in [0.2, 0.25) is 11.8 Å². The van der Waals surface area contributed by atoms with Crippen molar-refractivity contribution in [1.29, 1.82) is 0 Å². The molecule has 0 amide bonds. The van der Waals surface area contributed by atoms with Gasteiger partial charge in [0.1, 0.15) is 43.1 Å². The summed E-state index contributed by atoms with van der Waals surface area (Å²) < 4.78 is 50.6. The third kappa shape index (κ3) is 16.1. The van der Waals surface area contributed by atoms with Crippen LogP contribution in [0.5, 0.6) is 11.5 Å². The van der Waals surface area contributed by atoms with Gasteiger partial charge in [0, 0.05) is 18.0 Å². The van der Waals surface area contributed by atoms with E-state index in [0.29, 0.717) is 36.2 Å². The van der Waals surface area contributed by atoms with Crippen LogP contribution in [0, 0.1) is 11.6 Å². The second-order valence-corrected chi connectivity index (χ2v) is 23.7. The summed E-state index contributed by atoms with van der Waals surface area (Å²) in [6.45, 7) is 33.6. The first-order valence-electron chi connectivity index (χ1n) is 25.6. The van der Waals surface area contributed by atoms with Crippen LogP contribution >= 0.6 is 0 Å². The lowest BCUT2D eigenvalue weighted by molar-refractivity contribution is 0.171. The van der Waals surface area contributed by atoms with Crippen molar-refractivity contribution < 1.29 is 27.1 Å². The standard InChI is InChI=1S/C14H16.C13H15FN2.C13H14FNO.C13H15NO.C12H16O2/c1-14(2,3)13-9-8-11-6-4-5-7-12(11)10-13;1-13(2,3)10-5-6-12(11(14)9-10)16-8-4-7-15-16;1-13(2,3)9-4-5-10(11(14)8-9)12-15-6-7-16-12;1-13(2,3)11-6-4-10(5-7-11)12-14-8-9-15-12;1-12(2,3)9-4-5-10-11(8-9)14-7-6-13-10/h4-10H,1-3H3;4-9H,1-3H3;4-8H,1-3H3;4-9H,1-3H3;4-5,8H,6-7H2,1-3H3. The van der Waals surface area contributed by atoms with E-state index in [4.69, 9.17) is 18.3 Å². The Morgan fingerprint density at radius 2 is 0.907 bits per heavy atom. The van der Waals surface area contributed by atoms with Gasteiger partial charge in [-0.1, -0.05) is 177 Å². The molecule has 6 aromatic carbocycles. The van der Waals surface area contributed by atoms with E-state index in [0.717, 1.165) is 28.2 Å². The van der Waals surface area contributed by atoms with Crippen molar-refractivity contribution in [3.05, 3.63) is 204 Å². The van der Waals surface area contributed by atoms with Crippen molar-refractivity contribution in [2.24, 2.45) is 0 Å². The number of halogens is 2. The fourth-order valence-corrected chi connectivity index (χ4v) is 7.73. The van der Waals surface area contributed by atoms with E-state index in [1.165, 1.54) is 44.6 Å². The number of aromatic nitrogens is 4. The highest BCUT2D eigenvalue weighted by atomic mass is 19.1. The van der Waals surface area contributed by atoms with Crippen LogP contribution in [-0.4, -0.2) is 33.0 Å². The second-order valence-electron chi connectivity index (χ2n) is 23.7. The predicted octanol–water partition coefficient (Wildman–Crippen LogP) is 17.6. The molecular weight excluding hydrogens is 939 g/mol. The largest absolute Gasteiger partial charge is 0.486 e. The van der Waals surface area contributed by atoms with Gasteiger partial charge in [-0.15, -0.1) is 0 Å². The lowest BCUT2D eigenvalue weighted by Gasteiger charge is -2.23. The summed E-state index contributed by atoms with van der Waals surface area (Å²) in [6, 6.07) is 42.0. The molecule has 0 atom stereocenters. The van der Waals surface area contributed by atoms with E-state index >= 15 is 0 Å². The Bertz CT molecular complexity index is 3090. The first-order valence-corrected chi connectivity index (χ1v) is 25.6. The second kappa shape index (κ2) is 23.9. The van der Waals surface area contributed by atoms with Crippen LogP contribution in [0.3, 0.4) is 0 Å². The molecule has 0 aliphatic carbocycles. The Balaban J connectivity index is 0.000000153. The summed E-state index contributed by atoms with van der Waals surface area (Å²) in [5.74, 6) is 2.20. The van der Waals surface area contributed by atoms with Crippen molar-refractivity contribution in [1.82, 2.24) is 19.7 Å². The summed E-state index contributed by atoms with van der Waals surface area (Å²) in [6.07, 6.45) is 9.56. The molecule has 0 unspecified atom stereocenters. The number of rotatable bonds is 3. The molecule has 1 aliphatic heterocycles. The van der Waals surface area contributed by atoms with Gasteiger partial charge in [-0.25, -0.2) is 23.4 Å². The number of hydrogen-bond acceptors (Lipinski definition) is 7. The number of hydrogen-bond donors (Lipinski definition) is 0. The summed E-state index contributed by atoms with van der Waals surface area (Å²) in [5.41, 5.74) is 8.34. The molecule has 10 heteroatoms. The quantitative estimate of drug-likeness (QED) is 0.174. The van der Waals surface area contributed by atoms with Crippen molar-refractivity contribution in [2.45, 2.75) is 131 Å². The molecule has 0 saturated heterocycles. The van der Waals surface area contributed by atoms with E-state index in [1.54, 1.807) is 55.2 Å². The van der Waals surface area contributed by atoms with Gasteiger partial charge in [-0.2, -0.15) is 5.10 Å². The predicted molar refractivity (Wildman–Crippen MR) is 302 cm³/mol. The van der Waals surface area contributed by atoms with Crippen LogP contribution in [0.4, 0.5) is 8.78 Å². The zero-order valence-electron chi connectivity index (χ0n) is 46.7. The van der Waals surface area contributed by atoms with Gasteiger partial charge >= 0.3 is 0 Å². The van der Waals surface area contributed by atoms with E-state index in [1.807, 2.05) is 51.1 Å². The molecule has 0 radical (unpaired) electrons. The molecule has 394 valence electrons. The summed E-state index contributed by atoms with van der Waals surface area (Å²) >= 11 is 0. The maximum absolute atomic E-state index is 13.9. The number of oxazole rings is 2. The average molecular weight is 1020 g/mol. The maximum Gasteiger partial charge on any atom is 0.228 e. The monoisotopic (exact) mass is 1010 g/mol. The fourth-order valence-electron chi connectivity index (χ4n) is 7.73. The zero-order chi connectivity index (χ0) is 54.8. The molecule has 0 N–H and O–H groups in total. The van der Waals surface area contributed by atoms with Crippen LogP contribution in [-0.2, 0) is 27.1 Å². The Morgan fingerprint density at radius 1 is 0.427 bits per heavy atom. The molecule has 8 nitrogen and oxygen atoms in total. The highest BCUT2D eigenvalue weighted by Gasteiger charge is 2.21. The van der Waals surface area contributed by atoms with Crippen LogP contribution < -0.4 is 9.47 Å². The number of nitrogens with zero attached hydrogens (tertiary/aromatic N) is 4. The minimum absolute atomic E-state index is 0.0382. The van der Waals surface area contributed by atoms with Gasteiger partial charge in [0.05, 0.1) is 18.0 Å². The lowest BCUT2D eigenvalue weighted by atomic mass is 9.86. The Labute approximate surface area is 444 Å². The molecule has 3 aromatic heterocycles. The molecule has 4 heterocycles. The van der Waals surface area contributed by atoms with E-state index in [9.17, 15) is 8.78 Å². The van der Waals surface area contributed by atoms with Gasteiger partial charge in [0.15, 0.2) is 11.5 Å². The molecular formula is C65H76F2N4O4. The minimum atomic E-state index is -0.296. The van der Waals surface area contributed by atoms with Crippen LogP contribution in [0.2, 0.25) is 0 Å². The van der Waals surface area contributed by atoms with Gasteiger partial charge in [-0.3, -0.25) is 0 Å². The first-order chi connectivity index (χ1) is 35.2. The smallest absolute Gasteiger partial charge is 0.228 e. The molecule has 1 aliphatic rings. The van der Waals surface area contributed by atoms with E-state index in [-0.39, 0.29) is 38.7 Å². The molecule has 75 heavy (non-hydrogen) atoms. The van der Waals surface area contributed by atoms with E-state index in [2.05, 4.69) is 165 Å². The molecule has 9 aromatic rings. The fraction of sp³-hybridized carbons (Fsp3) is 0.338. The van der Waals surface area contributed by atoms with Crippen LogP contribution in [0.25, 0.3) is 39.4 Å². The van der Waals surface area contributed by atoms with E-state index < -0.39 is 0 Å². The van der Waals surface area contributed by atoms with Crippen molar-refractivity contribution in [3.8, 4) is 40.1 Å². The minimum Gasteiger partial charge on any atom is -0.486 e. The summed E-state index contributed by atoms with van der Waals surface area (Å²) in [4.78, 5) is 8.04. The lowest BCUT2D eigenvalue weighted by Crippen LogP contribution is -2.17. The normalized spacial score (nSPS) is 12.4. The van der Waals surface area contributed by atoms with Gasteiger partial charge in [0.25, 0.3) is 0 Å². The number of fused-ring (bicyclic) bond motifs is 2. The van der Waals surface area contributed by atoms with Crippen molar-refractivity contribution in [3.63, 3.8) is 0 Å². The number of ether oxygens (including phenoxy) is 2. The Hall–Kier alpha value is -7.33. The number of benzene rings is 6. The summed E-state index contributed by atoms with van der Waals surface area (Å²) in [5, 5.41) is 6.67. The summed E-state index contributed by atoms with van der Waals surface area (Å²) in [7, 11) is 0. The third-order valence-corrected chi connectivity index (χ3v) is 12.5. The van der Waals surface area contributed by atoms with Gasteiger partial charge in [-0.05, 0) is 120 Å².